The van der Waals surface area contributed by atoms with Gasteiger partial charge in [0.2, 0.25) is 0 Å². The molecule has 0 radical (unpaired) electrons. The Bertz CT molecular complexity index is 459. The normalized spacial score (nSPS) is 16.1. The summed E-state index contributed by atoms with van der Waals surface area (Å²) in [6, 6.07) is 2.87. The van der Waals surface area contributed by atoms with Crippen LogP contribution < -0.4 is 5.73 Å². The maximum absolute atomic E-state index is 13.9. The fourth-order valence-electron chi connectivity index (χ4n) is 2.49. The monoisotopic (exact) mass is 251 g/mol. The Hall–Kier alpha value is -1.42. The van der Waals surface area contributed by atoms with Crippen molar-refractivity contribution < 1.29 is 14.3 Å². The number of nitrogens with two attached hydrogens (primary N) is 1. The van der Waals surface area contributed by atoms with E-state index in [1.807, 2.05) is 6.07 Å². The van der Waals surface area contributed by atoms with Crippen molar-refractivity contribution in [3.8, 4) is 0 Å². The first kappa shape index (κ1) is 13.0. The zero-order chi connectivity index (χ0) is 13.1. The Morgan fingerprint density at radius 1 is 1.33 bits per heavy atom. The van der Waals surface area contributed by atoms with Gasteiger partial charge in [-0.3, -0.25) is 4.79 Å². The van der Waals surface area contributed by atoms with Crippen LogP contribution in [0.4, 0.5) is 4.39 Å². The number of halogens is 1. The molecule has 0 heterocycles. The molecule has 98 valence electrons. The first-order chi connectivity index (χ1) is 8.58. The second-order valence-electron chi connectivity index (χ2n) is 4.89. The van der Waals surface area contributed by atoms with Crippen LogP contribution in [0.2, 0.25) is 0 Å². The summed E-state index contributed by atoms with van der Waals surface area (Å²) >= 11 is 0. The Morgan fingerprint density at radius 3 is 2.56 bits per heavy atom. The molecule has 1 aromatic carbocycles. The molecule has 0 aliphatic heterocycles. The van der Waals surface area contributed by atoms with Crippen LogP contribution in [-0.4, -0.2) is 11.1 Å². The van der Waals surface area contributed by atoms with Gasteiger partial charge in [-0.05, 0) is 49.3 Å². The summed E-state index contributed by atoms with van der Waals surface area (Å²) in [7, 11) is 0. The van der Waals surface area contributed by atoms with E-state index in [9.17, 15) is 9.18 Å². The lowest BCUT2D eigenvalue weighted by molar-refractivity contribution is -0.137. The van der Waals surface area contributed by atoms with Gasteiger partial charge < -0.3 is 10.8 Å². The number of carboxylic acids is 1. The number of rotatable bonds is 4. The number of hydrogen-bond acceptors (Lipinski definition) is 2. The molecule has 3 N–H and O–H groups in total. The third kappa shape index (κ3) is 2.88. The van der Waals surface area contributed by atoms with E-state index in [1.165, 1.54) is 5.56 Å². The van der Waals surface area contributed by atoms with Gasteiger partial charge in [0.05, 0.1) is 0 Å². The number of hydrogen-bond donors (Lipinski definition) is 2. The standard InChI is InChI=1S/C14H18FNO2/c15-12-8-10-4-2-1-3-9(10)7-11(12)13(16)5-6-14(17)18/h7-8,13H,1-6,16H2,(H,17,18). The van der Waals surface area contributed by atoms with Crippen molar-refractivity contribution in [2.75, 3.05) is 0 Å². The zero-order valence-electron chi connectivity index (χ0n) is 10.3. The molecule has 1 atom stereocenters. The van der Waals surface area contributed by atoms with E-state index in [2.05, 4.69) is 0 Å². The Kier molecular flexibility index (Phi) is 3.97. The largest absolute Gasteiger partial charge is 0.481 e. The highest BCUT2D eigenvalue weighted by Gasteiger charge is 2.18. The quantitative estimate of drug-likeness (QED) is 0.864. The van der Waals surface area contributed by atoms with Gasteiger partial charge >= 0.3 is 5.97 Å². The number of carboxylic acid groups (broad SMARTS) is 1. The molecule has 0 fully saturated rings. The minimum absolute atomic E-state index is 0.0301. The summed E-state index contributed by atoms with van der Waals surface area (Å²) in [5.41, 5.74) is 8.58. The van der Waals surface area contributed by atoms with Gasteiger partial charge in [0, 0.05) is 18.0 Å². The first-order valence-corrected chi connectivity index (χ1v) is 6.36. The Labute approximate surface area is 106 Å². The molecule has 0 amide bonds. The highest BCUT2D eigenvalue weighted by molar-refractivity contribution is 5.66. The van der Waals surface area contributed by atoms with Gasteiger partial charge in [-0.15, -0.1) is 0 Å². The van der Waals surface area contributed by atoms with Crippen molar-refractivity contribution in [3.05, 3.63) is 34.6 Å². The Morgan fingerprint density at radius 2 is 1.94 bits per heavy atom. The van der Waals surface area contributed by atoms with Crippen LogP contribution in [0.15, 0.2) is 12.1 Å². The fourth-order valence-corrected chi connectivity index (χ4v) is 2.49. The van der Waals surface area contributed by atoms with E-state index in [0.717, 1.165) is 31.2 Å². The van der Waals surface area contributed by atoms with Crippen molar-refractivity contribution in [2.45, 2.75) is 44.6 Å². The van der Waals surface area contributed by atoms with Crippen molar-refractivity contribution in [1.29, 1.82) is 0 Å². The molecule has 1 aliphatic carbocycles. The van der Waals surface area contributed by atoms with E-state index in [-0.39, 0.29) is 18.7 Å². The molecule has 1 aromatic rings. The number of aliphatic carboxylic acids is 1. The average Bonchev–Trinajstić information content (AvgIpc) is 2.35. The minimum atomic E-state index is -0.899. The molecular formula is C14H18FNO2. The smallest absolute Gasteiger partial charge is 0.303 e. The van der Waals surface area contributed by atoms with Gasteiger partial charge in [-0.2, -0.15) is 0 Å². The number of benzene rings is 1. The summed E-state index contributed by atoms with van der Waals surface area (Å²) in [5, 5.41) is 8.62. The molecule has 18 heavy (non-hydrogen) atoms. The van der Waals surface area contributed by atoms with Crippen LogP contribution in [-0.2, 0) is 17.6 Å². The van der Waals surface area contributed by atoms with E-state index in [4.69, 9.17) is 10.8 Å². The van der Waals surface area contributed by atoms with Crippen LogP contribution in [0.5, 0.6) is 0 Å². The summed E-state index contributed by atoms with van der Waals surface area (Å²) in [5.74, 6) is -1.20. The maximum atomic E-state index is 13.9. The van der Waals surface area contributed by atoms with Gasteiger partial charge in [0.1, 0.15) is 5.82 Å². The molecule has 1 unspecified atom stereocenters. The number of aryl methyl sites for hydroxylation is 2. The van der Waals surface area contributed by atoms with Crippen LogP contribution in [0.1, 0.15) is 48.4 Å². The minimum Gasteiger partial charge on any atom is -0.481 e. The van der Waals surface area contributed by atoms with E-state index < -0.39 is 12.0 Å². The number of carbonyl (C=O) groups is 1. The first-order valence-electron chi connectivity index (χ1n) is 6.36. The lowest BCUT2D eigenvalue weighted by Crippen LogP contribution is -2.16. The van der Waals surface area contributed by atoms with Crippen LogP contribution >= 0.6 is 0 Å². The highest BCUT2D eigenvalue weighted by atomic mass is 19.1. The van der Waals surface area contributed by atoms with Crippen LogP contribution in [0.25, 0.3) is 0 Å². The molecule has 1 aliphatic rings. The average molecular weight is 251 g/mol. The number of fused-ring (bicyclic) bond motifs is 1. The van der Waals surface area contributed by atoms with E-state index in [1.54, 1.807) is 6.07 Å². The fraction of sp³-hybridized carbons (Fsp3) is 0.500. The maximum Gasteiger partial charge on any atom is 0.303 e. The second-order valence-corrected chi connectivity index (χ2v) is 4.89. The predicted molar refractivity (Wildman–Crippen MR) is 66.8 cm³/mol. The second kappa shape index (κ2) is 5.48. The third-order valence-corrected chi connectivity index (χ3v) is 3.53. The van der Waals surface area contributed by atoms with E-state index in [0.29, 0.717) is 5.56 Å². The van der Waals surface area contributed by atoms with Crippen molar-refractivity contribution in [2.24, 2.45) is 5.73 Å². The molecular weight excluding hydrogens is 233 g/mol. The molecule has 0 aromatic heterocycles. The van der Waals surface area contributed by atoms with Crippen LogP contribution in [0, 0.1) is 5.82 Å². The summed E-state index contributed by atoms with van der Waals surface area (Å²) in [6.07, 6.45) is 4.37. The molecule has 0 saturated heterocycles. The SMILES string of the molecule is NC(CCC(=O)O)c1cc2c(cc1F)CCCC2. The lowest BCUT2D eigenvalue weighted by atomic mass is 9.88. The van der Waals surface area contributed by atoms with Gasteiger partial charge in [-0.25, -0.2) is 4.39 Å². The Balaban J connectivity index is 2.19. The molecule has 3 nitrogen and oxygen atoms in total. The molecule has 0 bridgehead atoms. The van der Waals surface area contributed by atoms with Gasteiger partial charge in [-0.1, -0.05) is 6.07 Å². The molecule has 0 saturated carbocycles. The summed E-state index contributed by atoms with van der Waals surface area (Å²) < 4.78 is 13.9. The molecule has 2 rings (SSSR count). The zero-order valence-corrected chi connectivity index (χ0v) is 10.3. The highest BCUT2D eigenvalue weighted by Crippen LogP contribution is 2.28. The van der Waals surface area contributed by atoms with Gasteiger partial charge in [0.25, 0.3) is 0 Å². The molecule has 0 spiro atoms. The predicted octanol–water partition coefficient (Wildman–Crippen LogP) is 2.57. The third-order valence-electron chi connectivity index (χ3n) is 3.53. The molecule has 4 heteroatoms. The topological polar surface area (TPSA) is 63.3 Å². The van der Waals surface area contributed by atoms with E-state index >= 15 is 0 Å². The van der Waals surface area contributed by atoms with Gasteiger partial charge in [0.15, 0.2) is 0 Å². The van der Waals surface area contributed by atoms with Crippen molar-refractivity contribution in [3.63, 3.8) is 0 Å². The lowest BCUT2D eigenvalue weighted by Gasteiger charge is -2.19. The van der Waals surface area contributed by atoms with Crippen LogP contribution in [0.3, 0.4) is 0 Å². The summed E-state index contributed by atoms with van der Waals surface area (Å²) in [4.78, 5) is 10.5. The van der Waals surface area contributed by atoms with Crippen molar-refractivity contribution >= 4 is 5.97 Å². The van der Waals surface area contributed by atoms with Crippen molar-refractivity contribution in [1.82, 2.24) is 0 Å². The summed E-state index contributed by atoms with van der Waals surface area (Å²) in [6.45, 7) is 0.